The van der Waals surface area contributed by atoms with Gasteiger partial charge in [-0.1, -0.05) is 11.3 Å². The van der Waals surface area contributed by atoms with E-state index in [0.29, 0.717) is 23.8 Å². The van der Waals surface area contributed by atoms with E-state index in [0.717, 1.165) is 11.3 Å². The first-order valence-electron chi connectivity index (χ1n) is 4.68. The summed E-state index contributed by atoms with van der Waals surface area (Å²) >= 11 is 5.26. The molecule has 0 aromatic carbocycles. The van der Waals surface area contributed by atoms with Gasteiger partial charge in [0.1, 0.15) is 4.88 Å². The van der Waals surface area contributed by atoms with Crippen molar-refractivity contribution in [3.63, 3.8) is 0 Å². The zero-order valence-corrected chi connectivity index (χ0v) is 10.2. The van der Waals surface area contributed by atoms with Crippen molar-refractivity contribution in [2.45, 2.75) is 18.6 Å². The average Bonchev–Trinajstić information content (AvgIpc) is 2.69. The number of aromatic carboxylic acids is 1. The first-order valence-corrected chi connectivity index (χ1v) is 6.01. The number of thiol groups is 1. The van der Waals surface area contributed by atoms with Crippen molar-refractivity contribution in [2.24, 2.45) is 0 Å². The van der Waals surface area contributed by atoms with Crippen LogP contribution in [0.2, 0.25) is 0 Å². The molecule has 2 rings (SSSR count). The summed E-state index contributed by atoms with van der Waals surface area (Å²) < 4.78 is 0. The van der Waals surface area contributed by atoms with E-state index in [9.17, 15) is 9.59 Å². The SMILES string of the molecule is Cc1nc(N2CC(S)CC2=O)sc1C(=O)O. The van der Waals surface area contributed by atoms with Crippen LogP contribution in [0.4, 0.5) is 5.13 Å². The summed E-state index contributed by atoms with van der Waals surface area (Å²) in [6, 6.07) is 0. The molecule has 1 atom stereocenters. The van der Waals surface area contributed by atoms with Crippen molar-refractivity contribution in [1.82, 2.24) is 4.98 Å². The predicted molar refractivity (Wildman–Crippen MR) is 63.6 cm³/mol. The van der Waals surface area contributed by atoms with E-state index >= 15 is 0 Å². The number of nitrogens with zero attached hydrogens (tertiary/aromatic N) is 2. The number of aryl methyl sites for hydroxylation is 1. The van der Waals surface area contributed by atoms with Crippen molar-refractivity contribution in [1.29, 1.82) is 0 Å². The van der Waals surface area contributed by atoms with Crippen LogP contribution in [-0.4, -0.2) is 33.8 Å². The monoisotopic (exact) mass is 258 g/mol. The number of thiazole rings is 1. The van der Waals surface area contributed by atoms with Gasteiger partial charge in [0.25, 0.3) is 0 Å². The molecule has 1 fully saturated rings. The van der Waals surface area contributed by atoms with Crippen LogP contribution in [0.15, 0.2) is 0 Å². The number of carbonyl (C=O) groups excluding carboxylic acids is 1. The second kappa shape index (κ2) is 4.06. The molecule has 1 aliphatic heterocycles. The third-order valence-electron chi connectivity index (χ3n) is 2.32. The minimum atomic E-state index is -1.00. The van der Waals surface area contributed by atoms with Crippen molar-refractivity contribution in [2.75, 3.05) is 11.4 Å². The van der Waals surface area contributed by atoms with E-state index in [1.807, 2.05) is 0 Å². The van der Waals surface area contributed by atoms with Crippen LogP contribution in [0.1, 0.15) is 21.8 Å². The lowest BCUT2D eigenvalue weighted by molar-refractivity contribution is -0.117. The number of carboxylic acid groups (broad SMARTS) is 1. The van der Waals surface area contributed by atoms with Crippen LogP contribution < -0.4 is 4.90 Å². The van der Waals surface area contributed by atoms with Crippen LogP contribution in [0.5, 0.6) is 0 Å². The Morgan fingerprint density at radius 3 is 2.81 bits per heavy atom. The molecule has 1 unspecified atom stereocenters. The highest BCUT2D eigenvalue weighted by Crippen LogP contribution is 2.30. The molecule has 0 radical (unpaired) electrons. The number of carboxylic acids is 1. The van der Waals surface area contributed by atoms with E-state index in [-0.39, 0.29) is 16.0 Å². The molecular weight excluding hydrogens is 248 g/mol. The summed E-state index contributed by atoms with van der Waals surface area (Å²) in [6.45, 7) is 2.12. The van der Waals surface area contributed by atoms with Crippen LogP contribution in [0.3, 0.4) is 0 Å². The predicted octanol–water partition coefficient (Wildman–Crippen LogP) is 1.18. The molecule has 0 saturated carbocycles. The van der Waals surface area contributed by atoms with Crippen molar-refractivity contribution in [3.05, 3.63) is 10.6 Å². The van der Waals surface area contributed by atoms with Crippen LogP contribution in [-0.2, 0) is 4.79 Å². The molecular formula is C9H10N2O3S2. The van der Waals surface area contributed by atoms with Gasteiger partial charge >= 0.3 is 5.97 Å². The second-order valence-electron chi connectivity index (χ2n) is 3.58. The van der Waals surface area contributed by atoms with Gasteiger partial charge in [-0.2, -0.15) is 12.6 Å². The lowest BCUT2D eigenvalue weighted by Crippen LogP contribution is -2.24. The maximum atomic E-state index is 11.6. The quantitative estimate of drug-likeness (QED) is 0.782. The maximum Gasteiger partial charge on any atom is 0.347 e. The van der Waals surface area contributed by atoms with Crippen molar-refractivity contribution in [3.8, 4) is 0 Å². The normalized spacial score (nSPS) is 20.5. The maximum absolute atomic E-state index is 11.6. The highest BCUT2D eigenvalue weighted by molar-refractivity contribution is 7.81. The smallest absolute Gasteiger partial charge is 0.347 e. The van der Waals surface area contributed by atoms with E-state index < -0.39 is 5.97 Å². The fraction of sp³-hybridized carbons (Fsp3) is 0.444. The average molecular weight is 258 g/mol. The van der Waals surface area contributed by atoms with E-state index in [2.05, 4.69) is 17.6 Å². The number of hydrogen-bond acceptors (Lipinski definition) is 5. The number of carbonyl (C=O) groups is 2. The zero-order valence-electron chi connectivity index (χ0n) is 8.51. The molecule has 7 heteroatoms. The van der Waals surface area contributed by atoms with Gasteiger partial charge in [0.2, 0.25) is 5.91 Å². The Labute approximate surface area is 102 Å². The Morgan fingerprint density at radius 1 is 1.69 bits per heavy atom. The molecule has 2 heterocycles. The van der Waals surface area contributed by atoms with E-state index in [1.165, 1.54) is 4.90 Å². The van der Waals surface area contributed by atoms with Crippen LogP contribution in [0, 0.1) is 6.92 Å². The molecule has 1 N–H and O–H groups in total. The Kier molecular flexibility index (Phi) is 2.90. The fourth-order valence-electron chi connectivity index (χ4n) is 1.57. The molecule has 0 aliphatic carbocycles. The van der Waals surface area contributed by atoms with E-state index in [1.54, 1.807) is 6.92 Å². The van der Waals surface area contributed by atoms with Gasteiger partial charge in [-0.15, -0.1) is 0 Å². The Balaban J connectivity index is 2.31. The third kappa shape index (κ3) is 1.92. The molecule has 1 aromatic heterocycles. The number of hydrogen-bond donors (Lipinski definition) is 2. The van der Waals surface area contributed by atoms with Gasteiger partial charge in [0, 0.05) is 18.2 Å². The second-order valence-corrected chi connectivity index (χ2v) is 5.29. The van der Waals surface area contributed by atoms with Gasteiger partial charge in [0.05, 0.1) is 5.69 Å². The third-order valence-corrected chi connectivity index (χ3v) is 3.83. The molecule has 1 aromatic rings. The molecule has 0 bridgehead atoms. The zero-order chi connectivity index (χ0) is 11.9. The van der Waals surface area contributed by atoms with E-state index in [4.69, 9.17) is 5.11 Å². The number of rotatable bonds is 2. The Morgan fingerprint density at radius 2 is 2.38 bits per heavy atom. The lowest BCUT2D eigenvalue weighted by Gasteiger charge is -2.10. The molecule has 1 saturated heterocycles. The van der Waals surface area contributed by atoms with Crippen molar-refractivity contribution < 1.29 is 14.7 Å². The van der Waals surface area contributed by atoms with Gasteiger partial charge in [-0.3, -0.25) is 9.69 Å². The fourth-order valence-corrected chi connectivity index (χ4v) is 2.82. The van der Waals surface area contributed by atoms with Crippen molar-refractivity contribution >= 4 is 41.0 Å². The van der Waals surface area contributed by atoms with Gasteiger partial charge in [-0.05, 0) is 6.92 Å². The Hall–Kier alpha value is -1.08. The summed E-state index contributed by atoms with van der Waals surface area (Å²) in [6.07, 6.45) is 0.379. The molecule has 1 amide bonds. The minimum absolute atomic E-state index is 0.00461. The molecule has 0 spiro atoms. The standard InChI is InChI=1S/C9H10N2O3S2/c1-4-7(8(13)14)16-9(10-4)11-3-5(15)2-6(11)12/h5,15H,2-3H2,1H3,(H,13,14). The lowest BCUT2D eigenvalue weighted by atomic mass is 10.4. The van der Waals surface area contributed by atoms with Gasteiger partial charge < -0.3 is 5.11 Å². The minimum Gasteiger partial charge on any atom is -0.477 e. The van der Waals surface area contributed by atoms with Crippen LogP contribution >= 0.6 is 24.0 Å². The topological polar surface area (TPSA) is 70.5 Å². The highest BCUT2D eigenvalue weighted by Gasteiger charge is 2.31. The summed E-state index contributed by atoms with van der Waals surface area (Å²) in [5.41, 5.74) is 0.447. The molecule has 86 valence electrons. The highest BCUT2D eigenvalue weighted by atomic mass is 32.1. The number of amides is 1. The molecule has 16 heavy (non-hydrogen) atoms. The van der Waals surface area contributed by atoms with Gasteiger partial charge in [-0.25, -0.2) is 9.78 Å². The first-order chi connectivity index (χ1) is 7.49. The first kappa shape index (κ1) is 11.4. The molecule has 1 aliphatic rings. The van der Waals surface area contributed by atoms with Gasteiger partial charge in [0.15, 0.2) is 5.13 Å². The summed E-state index contributed by atoms with van der Waals surface area (Å²) in [5, 5.41) is 9.35. The summed E-state index contributed by atoms with van der Waals surface area (Å²) in [5.74, 6) is -1.05. The number of anilines is 1. The number of aromatic nitrogens is 1. The van der Waals surface area contributed by atoms with Crippen LogP contribution in [0.25, 0.3) is 0 Å². The summed E-state index contributed by atoms with van der Waals surface area (Å²) in [4.78, 5) is 28.2. The Bertz CT molecular complexity index is 458. The summed E-state index contributed by atoms with van der Waals surface area (Å²) in [7, 11) is 0. The molecule has 5 nitrogen and oxygen atoms in total. The largest absolute Gasteiger partial charge is 0.477 e.